The van der Waals surface area contributed by atoms with Crippen LogP contribution in [0.2, 0.25) is 0 Å². The van der Waals surface area contributed by atoms with Gasteiger partial charge < -0.3 is 15.3 Å². The molecule has 1 heterocycles. The van der Waals surface area contributed by atoms with Gasteiger partial charge in [0.1, 0.15) is 5.01 Å². The molecule has 2 amide bonds. The molecule has 5 nitrogen and oxygen atoms in total. The Morgan fingerprint density at radius 1 is 1.36 bits per heavy atom. The van der Waals surface area contributed by atoms with Crippen LogP contribution in [-0.2, 0) is 6.54 Å². The average molecular weight is 319 g/mol. The molecule has 22 heavy (non-hydrogen) atoms. The highest BCUT2D eigenvalue weighted by Crippen LogP contribution is 2.27. The van der Waals surface area contributed by atoms with Crippen molar-refractivity contribution < 1.29 is 9.90 Å². The molecule has 1 aliphatic carbocycles. The first kappa shape index (κ1) is 15.2. The van der Waals surface area contributed by atoms with Crippen molar-refractivity contribution >= 4 is 27.6 Å². The van der Waals surface area contributed by atoms with Gasteiger partial charge in [0.15, 0.2) is 0 Å². The Labute approximate surface area is 134 Å². The van der Waals surface area contributed by atoms with Crippen molar-refractivity contribution in [3.05, 3.63) is 29.3 Å². The second kappa shape index (κ2) is 7.07. The van der Waals surface area contributed by atoms with Gasteiger partial charge in [-0.05, 0) is 37.8 Å². The fourth-order valence-electron chi connectivity index (χ4n) is 2.48. The summed E-state index contributed by atoms with van der Waals surface area (Å²) in [6, 6.07) is 8.37. The number of carbonyl (C=O) groups is 1. The van der Waals surface area contributed by atoms with Crippen molar-refractivity contribution in [3.63, 3.8) is 0 Å². The van der Waals surface area contributed by atoms with Gasteiger partial charge in [0.05, 0.1) is 16.8 Å². The van der Waals surface area contributed by atoms with Gasteiger partial charge in [-0.3, -0.25) is 0 Å². The number of thiazole rings is 1. The van der Waals surface area contributed by atoms with Gasteiger partial charge >= 0.3 is 6.03 Å². The van der Waals surface area contributed by atoms with Crippen molar-refractivity contribution in [2.24, 2.45) is 0 Å². The Balaban J connectivity index is 1.55. The highest BCUT2D eigenvalue weighted by Gasteiger charge is 2.32. The molecule has 1 saturated carbocycles. The van der Waals surface area contributed by atoms with Crippen LogP contribution in [0.3, 0.4) is 0 Å². The number of para-hydroxylation sites is 1. The van der Waals surface area contributed by atoms with Gasteiger partial charge in [0, 0.05) is 19.2 Å². The predicted molar refractivity (Wildman–Crippen MR) is 87.9 cm³/mol. The van der Waals surface area contributed by atoms with E-state index in [0.717, 1.165) is 47.5 Å². The molecule has 0 aliphatic heterocycles. The lowest BCUT2D eigenvalue weighted by Crippen LogP contribution is -2.41. The second-order valence-electron chi connectivity index (χ2n) is 5.59. The zero-order valence-electron chi connectivity index (χ0n) is 12.5. The third-order valence-corrected chi connectivity index (χ3v) is 4.82. The number of amides is 2. The molecule has 1 aliphatic rings. The summed E-state index contributed by atoms with van der Waals surface area (Å²) < 4.78 is 1.15. The lowest BCUT2D eigenvalue weighted by molar-refractivity contribution is 0.190. The Bertz CT molecular complexity index is 606. The van der Waals surface area contributed by atoms with Gasteiger partial charge in [-0.25, -0.2) is 9.78 Å². The number of hydrogen-bond acceptors (Lipinski definition) is 4. The van der Waals surface area contributed by atoms with E-state index in [4.69, 9.17) is 5.11 Å². The van der Waals surface area contributed by atoms with Crippen molar-refractivity contribution in [1.29, 1.82) is 0 Å². The number of carbonyl (C=O) groups excluding carboxylic acids is 1. The van der Waals surface area contributed by atoms with Crippen LogP contribution in [0.15, 0.2) is 24.3 Å². The van der Waals surface area contributed by atoms with Crippen LogP contribution in [0.25, 0.3) is 10.2 Å². The molecule has 0 saturated heterocycles. The van der Waals surface area contributed by atoms with E-state index in [1.54, 1.807) is 11.3 Å². The van der Waals surface area contributed by atoms with Crippen molar-refractivity contribution in [2.45, 2.75) is 38.3 Å². The molecule has 3 rings (SSSR count). The summed E-state index contributed by atoms with van der Waals surface area (Å²) in [6.45, 7) is 1.38. The first-order valence-corrected chi connectivity index (χ1v) is 8.59. The molecule has 1 aromatic carbocycles. The molecule has 0 unspecified atom stereocenters. The van der Waals surface area contributed by atoms with E-state index in [2.05, 4.69) is 10.3 Å². The number of benzene rings is 1. The number of unbranched alkanes of at least 4 members (excludes halogenated alkanes) is 1. The first-order valence-electron chi connectivity index (χ1n) is 7.77. The zero-order chi connectivity index (χ0) is 15.4. The maximum Gasteiger partial charge on any atom is 0.317 e. The molecule has 1 fully saturated rings. The number of aromatic nitrogens is 1. The molecule has 0 atom stereocenters. The highest BCUT2D eigenvalue weighted by molar-refractivity contribution is 7.18. The minimum absolute atomic E-state index is 0.0142. The zero-order valence-corrected chi connectivity index (χ0v) is 13.3. The topological polar surface area (TPSA) is 65.5 Å². The van der Waals surface area contributed by atoms with Crippen molar-refractivity contribution in [3.8, 4) is 0 Å². The van der Waals surface area contributed by atoms with Crippen LogP contribution in [0, 0.1) is 0 Å². The minimum atomic E-state index is -0.0142. The summed E-state index contributed by atoms with van der Waals surface area (Å²) in [4.78, 5) is 18.8. The monoisotopic (exact) mass is 319 g/mol. The summed E-state index contributed by atoms with van der Waals surface area (Å²) in [7, 11) is 0. The van der Waals surface area contributed by atoms with E-state index < -0.39 is 0 Å². The molecule has 2 aromatic rings. The fourth-order valence-corrected chi connectivity index (χ4v) is 3.39. The van der Waals surface area contributed by atoms with Gasteiger partial charge in [0.25, 0.3) is 0 Å². The maximum atomic E-state index is 12.3. The van der Waals surface area contributed by atoms with Crippen LogP contribution in [-0.4, -0.2) is 40.2 Å². The molecule has 1 aromatic heterocycles. The van der Waals surface area contributed by atoms with E-state index in [-0.39, 0.29) is 12.6 Å². The Morgan fingerprint density at radius 3 is 2.91 bits per heavy atom. The van der Waals surface area contributed by atoms with E-state index in [1.807, 2.05) is 29.2 Å². The van der Waals surface area contributed by atoms with Gasteiger partial charge in [-0.1, -0.05) is 12.1 Å². The Morgan fingerprint density at radius 2 is 2.18 bits per heavy atom. The summed E-state index contributed by atoms with van der Waals surface area (Å²) in [6.07, 6.45) is 3.78. The largest absolute Gasteiger partial charge is 0.396 e. The number of urea groups is 1. The van der Waals surface area contributed by atoms with Crippen molar-refractivity contribution in [2.75, 3.05) is 13.2 Å². The van der Waals surface area contributed by atoms with Crippen LogP contribution in [0.5, 0.6) is 0 Å². The Hall–Kier alpha value is -1.66. The first-order chi connectivity index (χ1) is 10.8. The van der Waals surface area contributed by atoms with Gasteiger partial charge in [0.2, 0.25) is 0 Å². The number of aliphatic hydroxyl groups is 1. The summed E-state index contributed by atoms with van der Waals surface area (Å²) in [5.74, 6) is 0. The number of fused-ring (bicyclic) bond motifs is 1. The van der Waals surface area contributed by atoms with Crippen molar-refractivity contribution in [1.82, 2.24) is 15.2 Å². The van der Waals surface area contributed by atoms with Crippen LogP contribution < -0.4 is 5.32 Å². The molecular formula is C16H21N3O2S. The number of hydrogen-bond donors (Lipinski definition) is 2. The quantitative estimate of drug-likeness (QED) is 0.771. The highest BCUT2D eigenvalue weighted by atomic mass is 32.1. The molecule has 118 valence electrons. The fraction of sp³-hybridized carbons (Fsp3) is 0.500. The van der Waals surface area contributed by atoms with Crippen LogP contribution in [0.4, 0.5) is 4.79 Å². The molecule has 6 heteroatoms. The lowest BCUT2D eigenvalue weighted by Gasteiger charge is -2.22. The number of rotatable bonds is 7. The SMILES string of the molecule is O=C(NCc1nc2ccccc2s1)N(CCCCO)C1CC1. The normalized spacial score (nSPS) is 14.2. The Kier molecular flexibility index (Phi) is 4.90. The van der Waals surface area contributed by atoms with Crippen LogP contribution >= 0.6 is 11.3 Å². The molecule has 2 N–H and O–H groups in total. The second-order valence-corrected chi connectivity index (χ2v) is 6.70. The molecular weight excluding hydrogens is 298 g/mol. The molecule has 0 spiro atoms. The summed E-state index contributed by atoms with van der Waals surface area (Å²) in [5, 5.41) is 12.8. The van der Waals surface area contributed by atoms with Gasteiger partial charge in [-0.15, -0.1) is 11.3 Å². The third kappa shape index (κ3) is 3.75. The molecule has 0 bridgehead atoms. The number of nitrogens with one attached hydrogen (secondary N) is 1. The van der Waals surface area contributed by atoms with E-state index in [9.17, 15) is 4.79 Å². The average Bonchev–Trinajstić information content (AvgIpc) is 3.27. The van der Waals surface area contributed by atoms with E-state index in [0.29, 0.717) is 12.6 Å². The summed E-state index contributed by atoms with van der Waals surface area (Å²) in [5.41, 5.74) is 0.985. The van der Waals surface area contributed by atoms with Crippen LogP contribution in [0.1, 0.15) is 30.7 Å². The summed E-state index contributed by atoms with van der Waals surface area (Å²) >= 11 is 1.62. The standard InChI is InChI=1S/C16H21N3O2S/c20-10-4-3-9-19(12-7-8-12)16(21)17-11-15-18-13-5-1-2-6-14(13)22-15/h1-2,5-6,12,20H,3-4,7-11H2,(H,17,21). The number of nitrogens with zero attached hydrogens (tertiary/aromatic N) is 2. The smallest absolute Gasteiger partial charge is 0.317 e. The van der Waals surface area contributed by atoms with E-state index >= 15 is 0 Å². The third-order valence-electron chi connectivity index (χ3n) is 3.78. The predicted octanol–water partition coefficient (Wildman–Crippen LogP) is 2.74. The lowest BCUT2D eigenvalue weighted by atomic mass is 10.3. The maximum absolute atomic E-state index is 12.3. The molecule has 0 radical (unpaired) electrons. The minimum Gasteiger partial charge on any atom is -0.396 e. The van der Waals surface area contributed by atoms with Gasteiger partial charge in [-0.2, -0.15) is 0 Å². The van der Waals surface area contributed by atoms with E-state index in [1.165, 1.54) is 0 Å². The number of aliphatic hydroxyl groups excluding tert-OH is 1.